The molecule has 1 N–H and O–H groups in total. The largest absolute Gasteiger partial charge is 0.300 e. The number of benzene rings is 2. The second kappa shape index (κ2) is 8.54. The molecule has 30 heavy (non-hydrogen) atoms. The number of anilines is 1. The van der Waals surface area contributed by atoms with Crippen molar-refractivity contribution in [3.63, 3.8) is 0 Å². The Morgan fingerprint density at radius 2 is 1.63 bits per heavy atom. The molecule has 0 spiro atoms. The van der Waals surface area contributed by atoms with Crippen LogP contribution in [0.1, 0.15) is 57.0 Å². The maximum Gasteiger partial charge on any atom is 0.261 e. The molecule has 0 bridgehead atoms. The molecule has 0 aliphatic carbocycles. The van der Waals surface area contributed by atoms with Crippen LogP contribution in [0.15, 0.2) is 54.6 Å². The van der Waals surface area contributed by atoms with E-state index in [1.54, 1.807) is 24.3 Å². The lowest BCUT2D eigenvalue weighted by atomic mass is 9.97. The lowest BCUT2D eigenvalue weighted by Crippen LogP contribution is -2.32. The third-order valence-electron chi connectivity index (χ3n) is 5.04. The van der Waals surface area contributed by atoms with Crippen LogP contribution >= 0.6 is 11.3 Å². The lowest BCUT2D eigenvalue weighted by molar-refractivity contribution is -0.116. The van der Waals surface area contributed by atoms with E-state index in [2.05, 4.69) is 34.6 Å². The van der Waals surface area contributed by atoms with Gasteiger partial charge in [0.25, 0.3) is 11.8 Å². The predicted molar refractivity (Wildman–Crippen MR) is 114 cm³/mol. The van der Waals surface area contributed by atoms with Gasteiger partial charge in [-0.15, -0.1) is 10.2 Å². The van der Waals surface area contributed by atoms with Crippen molar-refractivity contribution in [2.24, 2.45) is 0 Å². The summed E-state index contributed by atoms with van der Waals surface area (Å²) in [5.74, 6) is -0.930. The van der Waals surface area contributed by atoms with E-state index in [9.17, 15) is 14.4 Å². The number of amides is 3. The normalized spacial score (nSPS) is 14.0. The highest BCUT2D eigenvalue weighted by Gasteiger charge is 2.35. The molecular weight excluding hydrogens is 400 g/mol. The third kappa shape index (κ3) is 3.86. The summed E-state index contributed by atoms with van der Waals surface area (Å²) in [7, 11) is 0. The number of aromatic nitrogens is 2. The topological polar surface area (TPSA) is 92.3 Å². The van der Waals surface area contributed by atoms with E-state index >= 15 is 0 Å². The van der Waals surface area contributed by atoms with Crippen LogP contribution in [0.4, 0.5) is 5.13 Å². The van der Waals surface area contributed by atoms with Gasteiger partial charge in [0, 0.05) is 18.9 Å². The summed E-state index contributed by atoms with van der Waals surface area (Å²) in [4.78, 5) is 38.2. The van der Waals surface area contributed by atoms with Crippen molar-refractivity contribution in [1.29, 1.82) is 0 Å². The Balaban J connectivity index is 1.37. The fourth-order valence-corrected chi connectivity index (χ4v) is 4.47. The van der Waals surface area contributed by atoms with E-state index in [4.69, 9.17) is 0 Å². The maximum atomic E-state index is 12.4. The molecule has 2 aromatic carbocycles. The van der Waals surface area contributed by atoms with Crippen molar-refractivity contribution in [3.8, 4) is 0 Å². The van der Waals surface area contributed by atoms with Crippen LogP contribution in [0.5, 0.6) is 0 Å². The molecule has 0 fully saturated rings. The first kappa shape index (κ1) is 19.9. The van der Waals surface area contributed by atoms with Crippen molar-refractivity contribution in [3.05, 3.63) is 76.3 Å². The van der Waals surface area contributed by atoms with Gasteiger partial charge in [-0.25, -0.2) is 0 Å². The molecular formula is C22H20N4O3S. The summed E-state index contributed by atoms with van der Waals surface area (Å²) >= 11 is 1.34. The molecule has 8 heteroatoms. The predicted octanol–water partition coefficient (Wildman–Crippen LogP) is 3.70. The number of carbonyl (C=O) groups excluding carboxylic acids is 3. The fraction of sp³-hybridized carbons (Fsp3) is 0.227. The summed E-state index contributed by atoms with van der Waals surface area (Å²) in [6.07, 6.45) is 0.864. The van der Waals surface area contributed by atoms with Crippen molar-refractivity contribution >= 4 is 34.2 Å². The van der Waals surface area contributed by atoms with Crippen LogP contribution in [0.2, 0.25) is 0 Å². The molecule has 7 nitrogen and oxygen atoms in total. The van der Waals surface area contributed by atoms with Crippen LogP contribution in [-0.2, 0) is 4.79 Å². The monoisotopic (exact) mass is 420 g/mol. The van der Waals surface area contributed by atoms with Gasteiger partial charge < -0.3 is 5.32 Å². The van der Waals surface area contributed by atoms with Gasteiger partial charge in [0.2, 0.25) is 11.0 Å². The van der Waals surface area contributed by atoms with E-state index in [-0.39, 0.29) is 36.6 Å². The average Bonchev–Trinajstić information content (AvgIpc) is 3.31. The zero-order valence-corrected chi connectivity index (χ0v) is 17.2. The second-order valence-corrected chi connectivity index (χ2v) is 7.93. The number of imide groups is 1. The van der Waals surface area contributed by atoms with E-state index in [1.165, 1.54) is 11.3 Å². The minimum absolute atomic E-state index is 0.00370. The maximum absolute atomic E-state index is 12.4. The first-order chi connectivity index (χ1) is 14.6. The molecule has 1 aliphatic rings. The number of nitrogens with zero attached hydrogens (tertiary/aromatic N) is 3. The molecule has 4 rings (SSSR count). The Labute approximate surface area is 177 Å². The second-order valence-electron chi connectivity index (χ2n) is 6.92. The summed E-state index contributed by atoms with van der Waals surface area (Å²) in [6.45, 7) is 2.10. The zero-order chi connectivity index (χ0) is 21.1. The summed E-state index contributed by atoms with van der Waals surface area (Å²) in [5.41, 5.74) is 1.91. The molecule has 3 aromatic rings. The number of nitrogens with one attached hydrogen (secondary N) is 1. The molecule has 0 saturated heterocycles. The SMILES string of the molecule is CCC(c1ccccc1)c1nnc(NC(=O)CCN2C(=O)c3ccccc3C2=O)s1. The van der Waals surface area contributed by atoms with Gasteiger partial charge in [-0.1, -0.05) is 60.7 Å². The quantitative estimate of drug-likeness (QED) is 0.589. The van der Waals surface area contributed by atoms with E-state index < -0.39 is 0 Å². The van der Waals surface area contributed by atoms with Gasteiger partial charge in [0.05, 0.1) is 11.1 Å². The van der Waals surface area contributed by atoms with Gasteiger partial charge in [0.1, 0.15) is 5.01 Å². The summed E-state index contributed by atoms with van der Waals surface area (Å²) in [6, 6.07) is 16.7. The summed E-state index contributed by atoms with van der Waals surface area (Å²) < 4.78 is 0. The van der Waals surface area contributed by atoms with Gasteiger partial charge in [0.15, 0.2) is 0 Å². The highest BCUT2D eigenvalue weighted by molar-refractivity contribution is 7.15. The standard InChI is InChI=1S/C22H20N4O3S/c1-2-15(14-8-4-3-5-9-14)19-24-25-22(30-19)23-18(27)12-13-26-20(28)16-10-6-7-11-17(16)21(26)29/h3-11,15H,2,12-13H2,1H3,(H,23,25,27). The molecule has 1 unspecified atom stereocenters. The van der Waals surface area contributed by atoms with Gasteiger partial charge in [-0.2, -0.15) is 0 Å². The Morgan fingerprint density at radius 1 is 1.00 bits per heavy atom. The lowest BCUT2D eigenvalue weighted by Gasteiger charge is -2.13. The van der Waals surface area contributed by atoms with Crippen LogP contribution in [0.3, 0.4) is 0 Å². The Morgan fingerprint density at radius 3 is 2.27 bits per heavy atom. The van der Waals surface area contributed by atoms with Gasteiger partial charge in [-0.05, 0) is 24.1 Å². The minimum atomic E-state index is -0.366. The highest BCUT2D eigenvalue weighted by Crippen LogP contribution is 2.31. The Kier molecular flexibility index (Phi) is 5.67. The molecule has 3 amide bonds. The van der Waals surface area contributed by atoms with Crippen molar-refractivity contribution in [1.82, 2.24) is 15.1 Å². The molecule has 1 aliphatic heterocycles. The zero-order valence-electron chi connectivity index (χ0n) is 16.4. The van der Waals surface area contributed by atoms with Gasteiger partial charge in [-0.3, -0.25) is 19.3 Å². The molecule has 2 heterocycles. The number of rotatable bonds is 7. The van der Waals surface area contributed by atoms with Crippen molar-refractivity contribution < 1.29 is 14.4 Å². The van der Waals surface area contributed by atoms with E-state index in [0.29, 0.717) is 16.3 Å². The number of fused-ring (bicyclic) bond motifs is 1. The van der Waals surface area contributed by atoms with Crippen LogP contribution in [-0.4, -0.2) is 39.4 Å². The fourth-order valence-electron chi connectivity index (χ4n) is 3.50. The van der Waals surface area contributed by atoms with Crippen LogP contribution in [0, 0.1) is 0 Å². The smallest absolute Gasteiger partial charge is 0.261 e. The van der Waals surface area contributed by atoms with Crippen molar-refractivity contribution in [2.45, 2.75) is 25.7 Å². The first-order valence-corrected chi connectivity index (χ1v) is 10.5. The number of carbonyl (C=O) groups is 3. The molecule has 152 valence electrons. The number of hydrogen-bond donors (Lipinski definition) is 1. The number of hydrogen-bond acceptors (Lipinski definition) is 6. The third-order valence-corrected chi connectivity index (χ3v) is 5.99. The van der Waals surface area contributed by atoms with Crippen LogP contribution < -0.4 is 5.32 Å². The van der Waals surface area contributed by atoms with Crippen molar-refractivity contribution in [2.75, 3.05) is 11.9 Å². The highest BCUT2D eigenvalue weighted by atomic mass is 32.1. The first-order valence-electron chi connectivity index (χ1n) is 9.72. The van der Waals surface area contributed by atoms with E-state index in [0.717, 1.165) is 21.9 Å². The minimum Gasteiger partial charge on any atom is -0.300 e. The Bertz CT molecular complexity index is 1060. The average molecular weight is 420 g/mol. The summed E-state index contributed by atoms with van der Waals surface area (Å²) in [5, 5.41) is 12.3. The molecule has 1 aromatic heterocycles. The molecule has 1 atom stereocenters. The van der Waals surface area contributed by atoms with Crippen LogP contribution in [0.25, 0.3) is 0 Å². The molecule has 0 saturated carbocycles. The Hall–Kier alpha value is -3.39. The molecule has 0 radical (unpaired) electrons. The van der Waals surface area contributed by atoms with Gasteiger partial charge >= 0.3 is 0 Å². The van der Waals surface area contributed by atoms with E-state index in [1.807, 2.05) is 18.2 Å².